The Labute approximate surface area is 122 Å². The Morgan fingerprint density at radius 1 is 1.35 bits per heavy atom. The number of nitrogens with two attached hydrogens (primary N) is 1. The molecule has 0 fully saturated rings. The molecule has 0 unspecified atom stereocenters. The highest BCUT2D eigenvalue weighted by molar-refractivity contribution is 14.1. The van der Waals surface area contributed by atoms with Crippen molar-refractivity contribution in [2.75, 3.05) is 23.9 Å². The highest BCUT2D eigenvalue weighted by atomic mass is 127. The summed E-state index contributed by atoms with van der Waals surface area (Å²) in [6, 6.07) is 6.15. The van der Waals surface area contributed by atoms with E-state index >= 15 is 0 Å². The van der Waals surface area contributed by atoms with E-state index in [1.165, 1.54) is 16.4 Å². The zero-order chi connectivity index (χ0) is 12.9. The second-order valence-electron chi connectivity index (χ2n) is 4.18. The molecule has 1 aromatic carbocycles. The van der Waals surface area contributed by atoms with E-state index in [4.69, 9.17) is 5.73 Å². The van der Waals surface area contributed by atoms with Gasteiger partial charge in [0.1, 0.15) is 0 Å². The Kier molecular flexibility index (Phi) is 5.92. The third-order valence-electron chi connectivity index (χ3n) is 3.34. The lowest BCUT2D eigenvalue weighted by atomic mass is 10.0. The fourth-order valence-electron chi connectivity index (χ4n) is 1.81. The van der Waals surface area contributed by atoms with Gasteiger partial charge in [-0.15, -0.1) is 0 Å². The van der Waals surface area contributed by atoms with Crippen molar-refractivity contribution in [1.29, 1.82) is 0 Å². The molecule has 0 aromatic heterocycles. The van der Waals surface area contributed by atoms with Crippen molar-refractivity contribution in [3.8, 4) is 0 Å². The largest absolute Gasteiger partial charge is 0.397 e. The van der Waals surface area contributed by atoms with Gasteiger partial charge in [0, 0.05) is 14.9 Å². The van der Waals surface area contributed by atoms with E-state index in [9.17, 15) is 0 Å². The normalized spacial score (nSPS) is 11.5. The van der Waals surface area contributed by atoms with Crippen molar-refractivity contribution in [2.24, 2.45) is 0 Å². The van der Waals surface area contributed by atoms with Gasteiger partial charge in [0.25, 0.3) is 0 Å². The lowest BCUT2D eigenvalue weighted by molar-refractivity contribution is 0.575. The number of rotatable bonds is 6. The Balaban J connectivity index is 2.72. The quantitative estimate of drug-likeness (QED) is 0.587. The molecule has 0 saturated heterocycles. The van der Waals surface area contributed by atoms with Crippen LogP contribution < -0.4 is 11.1 Å². The van der Waals surface area contributed by atoms with Gasteiger partial charge in [-0.05, 0) is 59.9 Å². The summed E-state index contributed by atoms with van der Waals surface area (Å²) >= 11 is 4.22. The molecule has 0 aliphatic rings. The molecule has 0 spiro atoms. The van der Waals surface area contributed by atoms with Gasteiger partial charge < -0.3 is 11.1 Å². The maximum atomic E-state index is 6.00. The molecule has 1 aromatic rings. The molecule has 0 amide bonds. The molecule has 0 heterocycles. The molecule has 2 nitrogen and oxygen atoms in total. The number of thioether (sulfide) groups is 1. The van der Waals surface area contributed by atoms with Crippen LogP contribution in [0.15, 0.2) is 18.2 Å². The van der Waals surface area contributed by atoms with Crippen LogP contribution in [-0.2, 0) is 0 Å². The highest BCUT2D eigenvalue weighted by Crippen LogP contribution is 2.31. The van der Waals surface area contributed by atoms with Gasteiger partial charge in [-0.25, -0.2) is 0 Å². The standard InChI is InChI=1S/C13H21IN2S/c1-4-13(5-2,17-3)9-16-12-7-6-10(14)8-11(12)15/h6-8,16H,4-5,9,15H2,1-3H3. The first-order valence-corrected chi connectivity index (χ1v) is 8.21. The fourth-order valence-corrected chi connectivity index (χ4v) is 3.12. The van der Waals surface area contributed by atoms with Crippen LogP contribution in [0, 0.1) is 3.57 Å². The van der Waals surface area contributed by atoms with E-state index < -0.39 is 0 Å². The molecule has 17 heavy (non-hydrogen) atoms. The predicted molar refractivity (Wildman–Crippen MR) is 88.9 cm³/mol. The maximum absolute atomic E-state index is 6.00. The minimum absolute atomic E-state index is 0.315. The van der Waals surface area contributed by atoms with Crippen LogP contribution in [0.4, 0.5) is 11.4 Å². The SMILES string of the molecule is CCC(CC)(CNc1ccc(I)cc1N)SC. The zero-order valence-corrected chi connectivity index (χ0v) is 13.7. The first-order chi connectivity index (χ1) is 8.06. The zero-order valence-electron chi connectivity index (χ0n) is 10.7. The molecule has 1 rings (SSSR count). The van der Waals surface area contributed by atoms with Gasteiger partial charge >= 0.3 is 0 Å². The van der Waals surface area contributed by atoms with E-state index in [0.29, 0.717) is 4.75 Å². The van der Waals surface area contributed by atoms with Crippen molar-refractivity contribution in [1.82, 2.24) is 0 Å². The molecule has 0 aliphatic carbocycles. The molecule has 0 bridgehead atoms. The lowest BCUT2D eigenvalue weighted by Gasteiger charge is -2.30. The van der Waals surface area contributed by atoms with Crippen molar-refractivity contribution in [3.05, 3.63) is 21.8 Å². The highest BCUT2D eigenvalue weighted by Gasteiger charge is 2.24. The van der Waals surface area contributed by atoms with Gasteiger partial charge in [0.05, 0.1) is 11.4 Å². The topological polar surface area (TPSA) is 38.0 Å². The van der Waals surface area contributed by atoms with Crippen molar-refractivity contribution in [3.63, 3.8) is 0 Å². The van der Waals surface area contributed by atoms with Crippen LogP contribution in [0.25, 0.3) is 0 Å². The van der Waals surface area contributed by atoms with E-state index in [1.807, 2.05) is 17.8 Å². The average molecular weight is 364 g/mol. The monoisotopic (exact) mass is 364 g/mol. The van der Waals surface area contributed by atoms with Gasteiger partial charge in [0.15, 0.2) is 0 Å². The minimum Gasteiger partial charge on any atom is -0.397 e. The third-order valence-corrected chi connectivity index (χ3v) is 5.60. The Hall–Kier alpha value is -0.100. The van der Waals surface area contributed by atoms with Crippen LogP contribution >= 0.6 is 34.4 Å². The van der Waals surface area contributed by atoms with Crippen LogP contribution in [-0.4, -0.2) is 17.5 Å². The van der Waals surface area contributed by atoms with Gasteiger partial charge in [-0.2, -0.15) is 11.8 Å². The van der Waals surface area contributed by atoms with Crippen molar-refractivity contribution in [2.45, 2.75) is 31.4 Å². The molecule has 0 saturated carbocycles. The number of hydrogen-bond donors (Lipinski definition) is 2. The van der Waals surface area contributed by atoms with Crippen LogP contribution in [0.1, 0.15) is 26.7 Å². The van der Waals surface area contributed by atoms with Gasteiger partial charge in [-0.3, -0.25) is 0 Å². The number of anilines is 2. The first kappa shape index (κ1) is 15.0. The van der Waals surface area contributed by atoms with E-state index in [1.54, 1.807) is 0 Å². The molecule has 4 heteroatoms. The van der Waals surface area contributed by atoms with Crippen LogP contribution in [0.2, 0.25) is 0 Å². The molecular formula is C13H21IN2S. The summed E-state index contributed by atoms with van der Waals surface area (Å²) in [5.74, 6) is 0. The molecule has 0 radical (unpaired) electrons. The molecule has 96 valence electrons. The number of benzene rings is 1. The summed E-state index contributed by atoms with van der Waals surface area (Å²) in [6.45, 7) is 5.46. The number of nitrogens with one attached hydrogen (secondary N) is 1. The van der Waals surface area contributed by atoms with Gasteiger partial charge in [-0.1, -0.05) is 13.8 Å². The van der Waals surface area contributed by atoms with Crippen LogP contribution in [0.3, 0.4) is 0 Å². The smallest absolute Gasteiger partial charge is 0.0575 e. The summed E-state index contributed by atoms with van der Waals surface area (Å²) in [5, 5.41) is 3.48. The molecule has 0 aliphatic heterocycles. The number of halogens is 1. The first-order valence-electron chi connectivity index (χ1n) is 5.91. The summed E-state index contributed by atoms with van der Waals surface area (Å²) < 4.78 is 1.49. The summed E-state index contributed by atoms with van der Waals surface area (Å²) in [7, 11) is 0. The van der Waals surface area contributed by atoms with E-state index in [-0.39, 0.29) is 0 Å². The molecule has 3 N–H and O–H groups in total. The maximum Gasteiger partial charge on any atom is 0.0575 e. The lowest BCUT2D eigenvalue weighted by Crippen LogP contribution is -2.32. The van der Waals surface area contributed by atoms with Crippen molar-refractivity contribution >= 4 is 45.7 Å². The Bertz CT molecular complexity index is 356. The van der Waals surface area contributed by atoms with Crippen molar-refractivity contribution < 1.29 is 0 Å². The number of hydrogen-bond acceptors (Lipinski definition) is 3. The van der Waals surface area contributed by atoms with Crippen LogP contribution in [0.5, 0.6) is 0 Å². The third kappa shape index (κ3) is 3.95. The van der Waals surface area contributed by atoms with E-state index in [0.717, 1.165) is 17.9 Å². The fraction of sp³-hybridized carbons (Fsp3) is 0.538. The molecular weight excluding hydrogens is 343 g/mol. The van der Waals surface area contributed by atoms with E-state index in [2.05, 4.69) is 60.1 Å². The molecule has 0 atom stereocenters. The Morgan fingerprint density at radius 3 is 2.47 bits per heavy atom. The average Bonchev–Trinajstić information content (AvgIpc) is 2.33. The predicted octanol–water partition coefficient (Wildman–Crippen LogP) is 4.21. The summed E-state index contributed by atoms with van der Waals surface area (Å²) in [5.41, 5.74) is 7.88. The Morgan fingerprint density at radius 2 is 2.00 bits per heavy atom. The minimum atomic E-state index is 0.315. The summed E-state index contributed by atoms with van der Waals surface area (Å²) in [6.07, 6.45) is 4.52. The second-order valence-corrected chi connectivity index (χ2v) is 6.70. The summed E-state index contributed by atoms with van der Waals surface area (Å²) in [4.78, 5) is 0. The van der Waals surface area contributed by atoms with Gasteiger partial charge in [0.2, 0.25) is 0 Å². The second kappa shape index (κ2) is 6.73. The number of nitrogen functional groups attached to an aromatic ring is 1.